The number of thioether (sulfide) groups is 1. The highest BCUT2D eigenvalue weighted by atomic mass is 32.2. The van der Waals surface area contributed by atoms with Gasteiger partial charge in [0.05, 0.1) is 10.6 Å². The van der Waals surface area contributed by atoms with Crippen molar-refractivity contribution in [1.29, 1.82) is 0 Å². The van der Waals surface area contributed by atoms with Crippen molar-refractivity contribution in [3.8, 4) is 10.7 Å². The van der Waals surface area contributed by atoms with Crippen molar-refractivity contribution in [2.45, 2.75) is 38.2 Å². The van der Waals surface area contributed by atoms with E-state index in [9.17, 15) is 0 Å². The van der Waals surface area contributed by atoms with Gasteiger partial charge in [-0.15, -0.1) is 11.3 Å². The van der Waals surface area contributed by atoms with Gasteiger partial charge >= 0.3 is 0 Å². The maximum Gasteiger partial charge on any atom is 0.171 e. The summed E-state index contributed by atoms with van der Waals surface area (Å²) in [4.78, 5) is 12.1. The fourth-order valence-electron chi connectivity index (χ4n) is 2.24. The zero-order valence-corrected chi connectivity index (χ0v) is 13.5. The van der Waals surface area contributed by atoms with Crippen molar-refractivity contribution in [1.82, 2.24) is 9.97 Å². The minimum absolute atomic E-state index is 0.884. The van der Waals surface area contributed by atoms with E-state index in [0.717, 1.165) is 42.5 Å². The Morgan fingerprint density at radius 3 is 2.85 bits per heavy atom. The van der Waals surface area contributed by atoms with Gasteiger partial charge in [0.2, 0.25) is 0 Å². The van der Waals surface area contributed by atoms with Crippen LogP contribution < -0.4 is 5.32 Å². The third-order valence-corrected chi connectivity index (χ3v) is 5.55. The molecular weight excluding hydrogens is 286 g/mol. The van der Waals surface area contributed by atoms with E-state index < -0.39 is 0 Å². The van der Waals surface area contributed by atoms with Gasteiger partial charge in [0.15, 0.2) is 5.82 Å². The van der Waals surface area contributed by atoms with Gasteiger partial charge < -0.3 is 5.32 Å². The van der Waals surface area contributed by atoms with Gasteiger partial charge in [0.25, 0.3) is 0 Å². The van der Waals surface area contributed by atoms with E-state index >= 15 is 0 Å². The van der Waals surface area contributed by atoms with Gasteiger partial charge in [-0.25, -0.2) is 9.97 Å². The number of hydrogen-bond acceptors (Lipinski definition) is 5. The summed E-state index contributed by atoms with van der Waals surface area (Å²) in [6.07, 6.45) is 2.19. The van der Waals surface area contributed by atoms with Crippen LogP contribution in [0.1, 0.15) is 36.4 Å². The zero-order valence-electron chi connectivity index (χ0n) is 11.9. The third kappa shape index (κ3) is 2.69. The fourth-order valence-corrected chi connectivity index (χ4v) is 4.16. The van der Waals surface area contributed by atoms with E-state index in [0.29, 0.717) is 0 Å². The maximum absolute atomic E-state index is 4.78. The molecule has 1 N–H and O–H groups in total. The standard InChI is InChI=1S/C15H19N3S2/c1-3-7-16-14-11-8-19-9-12(11)17-15(18-14)13-6-5-10(4-2)20-13/h5-6H,3-4,7-9H2,1-2H3,(H,16,17,18). The van der Waals surface area contributed by atoms with E-state index in [1.165, 1.54) is 21.0 Å². The molecule has 20 heavy (non-hydrogen) atoms. The van der Waals surface area contributed by atoms with Crippen molar-refractivity contribution in [3.63, 3.8) is 0 Å². The fraction of sp³-hybridized carbons (Fsp3) is 0.467. The highest BCUT2D eigenvalue weighted by molar-refractivity contribution is 7.98. The minimum Gasteiger partial charge on any atom is -0.370 e. The number of aromatic nitrogens is 2. The summed E-state index contributed by atoms with van der Waals surface area (Å²) in [6, 6.07) is 4.33. The lowest BCUT2D eigenvalue weighted by Gasteiger charge is -2.10. The Morgan fingerprint density at radius 2 is 2.10 bits per heavy atom. The van der Waals surface area contributed by atoms with Crippen molar-refractivity contribution >= 4 is 28.9 Å². The Balaban J connectivity index is 1.99. The molecule has 106 valence electrons. The van der Waals surface area contributed by atoms with Gasteiger partial charge in [-0.2, -0.15) is 11.8 Å². The molecule has 0 fully saturated rings. The van der Waals surface area contributed by atoms with Crippen LogP contribution in [0.4, 0.5) is 5.82 Å². The first kappa shape index (κ1) is 13.9. The molecule has 0 radical (unpaired) electrons. The predicted octanol–water partition coefficient (Wildman–Crippen LogP) is 4.34. The van der Waals surface area contributed by atoms with Crippen molar-refractivity contribution in [2.24, 2.45) is 0 Å². The molecule has 0 unspecified atom stereocenters. The average Bonchev–Trinajstić information content (AvgIpc) is 3.12. The van der Waals surface area contributed by atoms with Crippen molar-refractivity contribution in [3.05, 3.63) is 28.3 Å². The summed E-state index contributed by atoms with van der Waals surface area (Å²) in [5.74, 6) is 3.97. The largest absolute Gasteiger partial charge is 0.370 e. The number of fused-ring (bicyclic) bond motifs is 1. The van der Waals surface area contributed by atoms with Crippen LogP contribution in [0.15, 0.2) is 12.1 Å². The Labute approximate surface area is 128 Å². The highest BCUT2D eigenvalue weighted by Crippen LogP contribution is 2.35. The predicted molar refractivity (Wildman–Crippen MR) is 88.5 cm³/mol. The molecule has 3 nitrogen and oxygen atoms in total. The molecule has 0 bridgehead atoms. The molecule has 2 aromatic rings. The van der Waals surface area contributed by atoms with Crippen molar-refractivity contribution < 1.29 is 0 Å². The molecule has 3 heterocycles. The van der Waals surface area contributed by atoms with Crippen LogP contribution in [-0.2, 0) is 17.9 Å². The van der Waals surface area contributed by atoms with Gasteiger partial charge in [-0.3, -0.25) is 0 Å². The number of rotatable bonds is 5. The Hall–Kier alpha value is -1.07. The molecule has 0 aliphatic carbocycles. The highest BCUT2D eigenvalue weighted by Gasteiger charge is 2.20. The monoisotopic (exact) mass is 305 g/mol. The molecule has 0 aromatic carbocycles. The molecule has 2 aromatic heterocycles. The van der Waals surface area contributed by atoms with Crippen molar-refractivity contribution in [2.75, 3.05) is 11.9 Å². The number of nitrogens with zero attached hydrogens (tertiary/aromatic N) is 2. The Bertz CT molecular complexity index is 607. The second-order valence-corrected chi connectivity index (χ2v) is 7.01. The second-order valence-electron chi connectivity index (χ2n) is 4.86. The van der Waals surface area contributed by atoms with E-state index in [1.54, 1.807) is 11.3 Å². The molecule has 0 saturated heterocycles. The minimum atomic E-state index is 0.884. The molecule has 0 amide bonds. The summed E-state index contributed by atoms with van der Waals surface area (Å²) in [5, 5.41) is 3.47. The number of anilines is 1. The lowest BCUT2D eigenvalue weighted by Crippen LogP contribution is -2.07. The molecular formula is C15H19N3S2. The summed E-state index contributed by atoms with van der Waals surface area (Å²) in [5.41, 5.74) is 2.52. The molecule has 0 spiro atoms. The average molecular weight is 305 g/mol. The smallest absolute Gasteiger partial charge is 0.171 e. The van der Waals surface area contributed by atoms with E-state index in [2.05, 4.69) is 31.3 Å². The Kier molecular flexibility index (Phi) is 4.27. The number of hydrogen-bond donors (Lipinski definition) is 1. The summed E-state index contributed by atoms with van der Waals surface area (Å²) in [6.45, 7) is 5.33. The van der Waals surface area contributed by atoms with E-state index in [4.69, 9.17) is 9.97 Å². The number of thiophene rings is 1. The van der Waals surface area contributed by atoms with Crippen LogP contribution in [0.25, 0.3) is 10.7 Å². The zero-order chi connectivity index (χ0) is 13.9. The molecule has 1 aliphatic rings. The van der Waals surface area contributed by atoms with Crippen LogP contribution in [0.5, 0.6) is 0 Å². The lowest BCUT2D eigenvalue weighted by atomic mass is 10.2. The van der Waals surface area contributed by atoms with Crippen LogP contribution >= 0.6 is 23.1 Å². The third-order valence-electron chi connectivity index (χ3n) is 3.35. The first-order valence-electron chi connectivity index (χ1n) is 7.12. The first-order valence-corrected chi connectivity index (χ1v) is 9.09. The normalized spacial score (nSPS) is 13.5. The van der Waals surface area contributed by atoms with Gasteiger partial charge in [-0.1, -0.05) is 13.8 Å². The van der Waals surface area contributed by atoms with Gasteiger partial charge in [0, 0.05) is 28.5 Å². The first-order chi connectivity index (χ1) is 9.81. The van der Waals surface area contributed by atoms with E-state index in [-0.39, 0.29) is 0 Å². The second kappa shape index (κ2) is 6.14. The number of nitrogens with one attached hydrogen (secondary N) is 1. The molecule has 0 saturated carbocycles. The molecule has 5 heteroatoms. The molecule has 0 atom stereocenters. The quantitative estimate of drug-likeness (QED) is 0.892. The lowest BCUT2D eigenvalue weighted by molar-refractivity contribution is 0.956. The molecule has 3 rings (SSSR count). The maximum atomic E-state index is 4.78. The van der Waals surface area contributed by atoms with Crippen LogP contribution in [-0.4, -0.2) is 16.5 Å². The topological polar surface area (TPSA) is 37.8 Å². The van der Waals surface area contributed by atoms with Gasteiger partial charge in [0.1, 0.15) is 5.82 Å². The summed E-state index contributed by atoms with van der Waals surface area (Å²) in [7, 11) is 0. The number of aryl methyl sites for hydroxylation is 1. The SMILES string of the molecule is CCCNc1nc(-c2ccc(CC)s2)nc2c1CSC2. The Morgan fingerprint density at radius 1 is 1.20 bits per heavy atom. The van der Waals surface area contributed by atoms with Crippen LogP contribution in [0, 0.1) is 0 Å². The van der Waals surface area contributed by atoms with E-state index in [1.807, 2.05) is 11.8 Å². The summed E-state index contributed by atoms with van der Waals surface area (Å²) >= 11 is 3.73. The summed E-state index contributed by atoms with van der Waals surface area (Å²) < 4.78 is 0. The van der Waals surface area contributed by atoms with Gasteiger partial charge in [-0.05, 0) is 25.0 Å². The van der Waals surface area contributed by atoms with Crippen LogP contribution in [0.3, 0.4) is 0 Å². The molecule has 1 aliphatic heterocycles. The van der Waals surface area contributed by atoms with Crippen LogP contribution in [0.2, 0.25) is 0 Å².